The Morgan fingerprint density at radius 1 is 1.47 bits per heavy atom. The first-order chi connectivity index (χ1) is 9.24. The van der Waals surface area contributed by atoms with Crippen LogP contribution in [0.3, 0.4) is 0 Å². The van der Waals surface area contributed by atoms with Gasteiger partial charge in [0.15, 0.2) is 0 Å². The zero-order chi connectivity index (χ0) is 13.2. The third-order valence-electron chi connectivity index (χ3n) is 3.32. The maximum atomic E-state index is 11.3. The molecule has 1 aliphatic rings. The number of carbonyl (C=O) groups is 1. The highest BCUT2D eigenvalue weighted by Gasteiger charge is 2.29. The van der Waals surface area contributed by atoms with Gasteiger partial charge < -0.3 is 9.42 Å². The number of carbonyl (C=O) groups excluding carboxylic acids is 1. The maximum Gasteiger partial charge on any atom is 0.231 e. The molecule has 6 nitrogen and oxygen atoms in total. The van der Waals surface area contributed by atoms with Crippen LogP contribution in [0.5, 0.6) is 0 Å². The van der Waals surface area contributed by atoms with E-state index < -0.39 is 0 Å². The Balaban J connectivity index is 1.78. The summed E-state index contributed by atoms with van der Waals surface area (Å²) in [5, 5.41) is 3.95. The fourth-order valence-corrected chi connectivity index (χ4v) is 2.25. The van der Waals surface area contributed by atoms with Crippen LogP contribution in [0.15, 0.2) is 28.9 Å². The highest BCUT2D eigenvalue weighted by Crippen LogP contribution is 2.27. The Morgan fingerprint density at radius 3 is 3.05 bits per heavy atom. The van der Waals surface area contributed by atoms with E-state index in [2.05, 4.69) is 15.1 Å². The Kier molecular flexibility index (Phi) is 2.98. The smallest absolute Gasteiger partial charge is 0.231 e. The molecule has 2 aromatic rings. The molecule has 0 bridgehead atoms. The van der Waals surface area contributed by atoms with Gasteiger partial charge in [-0.25, -0.2) is 0 Å². The lowest BCUT2D eigenvalue weighted by molar-refractivity contribution is -0.127. The van der Waals surface area contributed by atoms with Gasteiger partial charge in [0.2, 0.25) is 17.6 Å². The Bertz CT molecular complexity index is 581. The third kappa shape index (κ3) is 2.33. The van der Waals surface area contributed by atoms with Gasteiger partial charge in [0.1, 0.15) is 5.69 Å². The van der Waals surface area contributed by atoms with Gasteiger partial charge in [0, 0.05) is 26.2 Å². The highest BCUT2D eigenvalue weighted by atomic mass is 16.5. The van der Waals surface area contributed by atoms with Gasteiger partial charge in [-0.15, -0.1) is 0 Å². The summed E-state index contributed by atoms with van der Waals surface area (Å²) in [6.07, 6.45) is 2.56. The van der Waals surface area contributed by atoms with E-state index in [0.717, 1.165) is 13.0 Å². The summed E-state index contributed by atoms with van der Waals surface area (Å²) in [6.45, 7) is 2.98. The van der Waals surface area contributed by atoms with Crippen LogP contribution < -0.4 is 0 Å². The minimum atomic E-state index is 0.0898. The summed E-state index contributed by atoms with van der Waals surface area (Å²) in [5.41, 5.74) is 0.693. The van der Waals surface area contributed by atoms with E-state index >= 15 is 0 Å². The maximum absolute atomic E-state index is 11.3. The summed E-state index contributed by atoms with van der Waals surface area (Å²) >= 11 is 0. The average Bonchev–Trinajstić information content (AvgIpc) is 3.09. The predicted octanol–water partition coefficient (Wildman–Crippen LogP) is 1.47. The summed E-state index contributed by atoms with van der Waals surface area (Å²) in [4.78, 5) is 21.7. The molecule has 1 fully saturated rings. The van der Waals surface area contributed by atoms with Gasteiger partial charge in [0.05, 0.1) is 5.92 Å². The van der Waals surface area contributed by atoms with Crippen molar-refractivity contribution >= 4 is 5.91 Å². The van der Waals surface area contributed by atoms with Crippen molar-refractivity contribution in [1.29, 1.82) is 0 Å². The lowest BCUT2D eigenvalue weighted by Crippen LogP contribution is -2.25. The van der Waals surface area contributed by atoms with Crippen LogP contribution in [-0.4, -0.2) is 39.0 Å². The number of rotatable bonds is 2. The van der Waals surface area contributed by atoms with Crippen LogP contribution in [0.4, 0.5) is 0 Å². The first-order valence-corrected chi connectivity index (χ1v) is 6.24. The zero-order valence-corrected chi connectivity index (χ0v) is 10.6. The molecule has 0 aromatic carbocycles. The standard InChI is InChI=1S/C13H14N4O2/c1-9(18)17-7-5-10(8-17)13-15-12(16-19-13)11-4-2-3-6-14-11/h2-4,6,10H,5,7-8H2,1H3/t10-/m1/s1. The number of amides is 1. The first kappa shape index (κ1) is 11.8. The molecule has 2 aromatic heterocycles. The largest absolute Gasteiger partial charge is 0.342 e. The van der Waals surface area contributed by atoms with Gasteiger partial charge in [0.25, 0.3) is 0 Å². The SMILES string of the molecule is CC(=O)N1CC[C@@H](c2nc(-c3ccccn3)no2)C1. The molecule has 0 aliphatic carbocycles. The molecule has 0 spiro atoms. The second kappa shape index (κ2) is 4.79. The van der Waals surface area contributed by atoms with E-state index in [-0.39, 0.29) is 11.8 Å². The normalized spacial score (nSPS) is 18.8. The molecule has 0 radical (unpaired) electrons. The summed E-state index contributed by atoms with van der Waals surface area (Å²) in [5.74, 6) is 1.31. The van der Waals surface area contributed by atoms with Crippen LogP contribution in [0.1, 0.15) is 25.2 Å². The van der Waals surface area contributed by atoms with E-state index in [9.17, 15) is 4.79 Å². The highest BCUT2D eigenvalue weighted by molar-refractivity contribution is 5.73. The monoisotopic (exact) mass is 258 g/mol. The lowest BCUT2D eigenvalue weighted by atomic mass is 10.1. The van der Waals surface area contributed by atoms with Crippen LogP contribution in [-0.2, 0) is 4.79 Å². The van der Waals surface area contributed by atoms with Crippen LogP contribution >= 0.6 is 0 Å². The van der Waals surface area contributed by atoms with E-state index in [1.54, 1.807) is 18.0 Å². The molecule has 3 heterocycles. The molecule has 0 unspecified atom stereocenters. The van der Waals surface area contributed by atoms with E-state index in [4.69, 9.17) is 4.52 Å². The van der Waals surface area contributed by atoms with Crippen LogP contribution in [0, 0.1) is 0 Å². The van der Waals surface area contributed by atoms with Crippen molar-refractivity contribution in [2.45, 2.75) is 19.3 Å². The molecule has 98 valence electrons. The van der Waals surface area contributed by atoms with E-state index in [1.807, 2.05) is 18.2 Å². The average molecular weight is 258 g/mol. The fourth-order valence-electron chi connectivity index (χ4n) is 2.25. The van der Waals surface area contributed by atoms with Crippen LogP contribution in [0.2, 0.25) is 0 Å². The lowest BCUT2D eigenvalue weighted by Gasteiger charge is -2.11. The summed E-state index contributed by atoms with van der Waals surface area (Å²) in [6, 6.07) is 5.56. The van der Waals surface area contributed by atoms with Crippen molar-refractivity contribution in [3.05, 3.63) is 30.3 Å². The van der Waals surface area contributed by atoms with Gasteiger partial charge in [-0.2, -0.15) is 4.98 Å². The van der Waals surface area contributed by atoms with Gasteiger partial charge in [-0.1, -0.05) is 11.2 Å². The molecule has 1 saturated heterocycles. The topological polar surface area (TPSA) is 72.1 Å². The molecular formula is C13H14N4O2. The Morgan fingerprint density at radius 2 is 2.37 bits per heavy atom. The molecule has 0 N–H and O–H groups in total. The van der Waals surface area contributed by atoms with Crippen molar-refractivity contribution in [2.24, 2.45) is 0 Å². The second-order valence-electron chi connectivity index (χ2n) is 4.62. The molecule has 19 heavy (non-hydrogen) atoms. The molecule has 1 amide bonds. The minimum Gasteiger partial charge on any atom is -0.342 e. The molecule has 1 atom stereocenters. The number of pyridine rings is 1. The van der Waals surface area contributed by atoms with E-state index in [1.165, 1.54) is 0 Å². The fraction of sp³-hybridized carbons (Fsp3) is 0.385. The quantitative estimate of drug-likeness (QED) is 0.815. The van der Waals surface area contributed by atoms with Gasteiger partial charge in [-0.05, 0) is 18.6 Å². The first-order valence-electron chi connectivity index (χ1n) is 6.24. The van der Waals surface area contributed by atoms with Gasteiger partial charge in [-0.3, -0.25) is 9.78 Å². The predicted molar refractivity (Wildman–Crippen MR) is 67.1 cm³/mol. The summed E-state index contributed by atoms with van der Waals surface area (Å²) < 4.78 is 5.29. The number of nitrogens with zero attached hydrogens (tertiary/aromatic N) is 4. The van der Waals surface area contributed by atoms with Gasteiger partial charge >= 0.3 is 0 Å². The minimum absolute atomic E-state index is 0.0898. The number of likely N-dealkylation sites (tertiary alicyclic amines) is 1. The third-order valence-corrected chi connectivity index (χ3v) is 3.32. The van der Waals surface area contributed by atoms with Crippen molar-refractivity contribution in [1.82, 2.24) is 20.0 Å². The molecule has 6 heteroatoms. The van der Waals surface area contributed by atoms with Crippen molar-refractivity contribution in [3.8, 4) is 11.5 Å². The van der Waals surface area contributed by atoms with Crippen molar-refractivity contribution in [3.63, 3.8) is 0 Å². The Labute approximate surface area is 110 Å². The zero-order valence-electron chi connectivity index (χ0n) is 10.6. The number of hydrogen-bond donors (Lipinski definition) is 0. The Hall–Kier alpha value is -2.24. The molecular weight excluding hydrogens is 244 g/mol. The van der Waals surface area contributed by atoms with Crippen molar-refractivity contribution in [2.75, 3.05) is 13.1 Å². The molecule has 0 saturated carbocycles. The van der Waals surface area contributed by atoms with E-state index in [0.29, 0.717) is 24.0 Å². The molecule has 3 rings (SSSR count). The summed E-state index contributed by atoms with van der Waals surface area (Å²) in [7, 11) is 0. The van der Waals surface area contributed by atoms with Crippen LogP contribution in [0.25, 0.3) is 11.5 Å². The number of hydrogen-bond acceptors (Lipinski definition) is 5. The molecule has 1 aliphatic heterocycles. The van der Waals surface area contributed by atoms with Crippen molar-refractivity contribution < 1.29 is 9.32 Å². The number of aromatic nitrogens is 3. The second-order valence-corrected chi connectivity index (χ2v) is 4.62.